The fourth-order valence-corrected chi connectivity index (χ4v) is 3.43. The number of hydrogen-bond acceptors (Lipinski definition) is 4. The van der Waals surface area contributed by atoms with Crippen LogP contribution in [-0.4, -0.2) is 39.9 Å². The first-order valence-electron chi connectivity index (χ1n) is 6.26. The molecule has 1 saturated heterocycles. The van der Waals surface area contributed by atoms with Crippen molar-refractivity contribution in [1.82, 2.24) is 5.32 Å². The van der Waals surface area contributed by atoms with Gasteiger partial charge < -0.3 is 15.7 Å². The van der Waals surface area contributed by atoms with E-state index in [2.05, 4.69) is 10.6 Å². The van der Waals surface area contributed by atoms with Crippen LogP contribution >= 0.6 is 35.0 Å². The van der Waals surface area contributed by atoms with Gasteiger partial charge in [-0.15, -0.1) is 11.8 Å². The minimum absolute atomic E-state index is 0.0677. The summed E-state index contributed by atoms with van der Waals surface area (Å²) in [5.74, 6) is -1.70. The van der Waals surface area contributed by atoms with E-state index in [4.69, 9.17) is 28.3 Å². The van der Waals surface area contributed by atoms with Crippen molar-refractivity contribution in [2.45, 2.75) is 17.7 Å². The summed E-state index contributed by atoms with van der Waals surface area (Å²) in [5.41, 5.74) is 0.403. The third kappa shape index (κ3) is 4.28. The third-order valence-electron chi connectivity index (χ3n) is 2.95. The van der Waals surface area contributed by atoms with Gasteiger partial charge in [-0.05, 0) is 18.2 Å². The standard InChI is InChI=1S/C13H12Cl2N2O4S/c14-6-1-2-8(7(15)3-6)16-11(18)4-10-12(19)17-9(5-22-10)13(20)21/h1-3,9-10H,4-5H2,(H,16,18)(H,17,19)(H,20,21)/t9-,10+/m1/s1. The van der Waals surface area contributed by atoms with Gasteiger partial charge in [0, 0.05) is 17.2 Å². The monoisotopic (exact) mass is 362 g/mol. The van der Waals surface area contributed by atoms with Gasteiger partial charge in [-0.1, -0.05) is 23.2 Å². The van der Waals surface area contributed by atoms with E-state index in [0.29, 0.717) is 15.7 Å². The van der Waals surface area contributed by atoms with E-state index in [0.717, 1.165) is 11.8 Å². The molecular formula is C13H12Cl2N2O4S. The predicted molar refractivity (Wildman–Crippen MR) is 85.5 cm³/mol. The number of nitrogens with one attached hydrogen (secondary N) is 2. The highest BCUT2D eigenvalue weighted by atomic mass is 35.5. The third-order valence-corrected chi connectivity index (χ3v) is 4.80. The molecule has 1 heterocycles. The van der Waals surface area contributed by atoms with Crippen molar-refractivity contribution in [3.05, 3.63) is 28.2 Å². The molecule has 118 valence electrons. The van der Waals surface area contributed by atoms with E-state index in [1.54, 1.807) is 12.1 Å². The first-order valence-corrected chi connectivity index (χ1v) is 8.07. The molecule has 22 heavy (non-hydrogen) atoms. The molecule has 3 N–H and O–H groups in total. The number of amides is 2. The Morgan fingerprint density at radius 1 is 1.41 bits per heavy atom. The number of rotatable bonds is 4. The maximum atomic E-state index is 12.0. The molecule has 0 bridgehead atoms. The van der Waals surface area contributed by atoms with Gasteiger partial charge in [0.15, 0.2) is 0 Å². The largest absolute Gasteiger partial charge is 0.480 e. The molecule has 1 aromatic carbocycles. The lowest BCUT2D eigenvalue weighted by Gasteiger charge is -2.25. The highest BCUT2D eigenvalue weighted by Crippen LogP contribution is 2.26. The van der Waals surface area contributed by atoms with Gasteiger partial charge in [0.1, 0.15) is 6.04 Å². The molecule has 0 radical (unpaired) electrons. The van der Waals surface area contributed by atoms with Crippen LogP contribution in [0.4, 0.5) is 5.69 Å². The topological polar surface area (TPSA) is 95.5 Å². The lowest BCUT2D eigenvalue weighted by Crippen LogP contribution is -2.51. The smallest absolute Gasteiger partial charge is 0.327 e. The number of aliphatic carboxylic acids is 1. The van der Waals surface area contributed by atoms with E-state index >= 15 is 0 Å². The molecule has 1 aliphatic rings. The summed E-state index contributed by atoms with van der Waals surface area (Å²) >= 11 is 12.9. The SMILES string of the molecule is O=C(C[C@@H]1SC[C@H](C(=O)O)NC1=O)Nc1ccc(Cl)cc1Cl. The second-order valence-corrected chi connectivity index (χ2v) is 6.68. The molecule has 2 amide bonds. The molecule has 1 aromatic rings. The van der Waals surface area contributed by atoms with E-state index in [9.17, 15) is 14.4 Å². The fourth-order valence-electron chi connectivity index (χ4n) is 1.84. The molecule has 0 aromatic heterocycles. The number of carboxylic acids is 1. The Bertz CT molecular complexity index is 626. The molecule has 0 aliphatic carbocycles. The van der Waals surface area contributed by atoms with Crippen molar-refractivity contribution in [3.63, 3.8) is 0 Å². The summed E-state index contributed by atoms with van der Waals surface area (Å²) < 4.78 is 0. The quantitative estimate of drug-likeness (QED) is 0.761. The Hall–Kier alpha value is -1.44. The average molecular weight is 363 g/mol. The lowest BCUT2D eigenvalue weighted by molar-refractivity contribution is -0.141. The molecule has 2 rings (SSSR count). The van der Waals surface area contributed by atoms with Crippen molar-refractivity contribution in [3.8, 4) is 0 Å². The number of thioether (sulfide) groups is 1. The van der Waals surface area contributed by atoms with Crippen LogP contribution < -0.4 is 10.6 Å². The minimum atomic E-state index is -1.09. The molecule has 1 aliphatic heterocycles. The number of halogens is 2. The molecular weight excluding hydrogens is 351 g/mol. The molecule has 0 saturated carbocycles. The summed E-state index contributed by atoms with van der Waals surface area (Å²) in [6.45, 7) is 0. The number of carboxylic acid groups (broad SMARTS) is 1. The number of benzene rings is 1. The normalized spacial score (nSPS) is 21.1. The van der Waals surface area contributed by atoms with Gasteiger partial charge in [-0.25, -0.2) is 4.79 Å². The number of carbonyl (C=O) groups is 3. The maximum Gasteiger partial charge on any atom is 0.327 e. The van der Waals surface area contributed by atoms with Gasteiger partial charge in [-0.2, -0.15) is 0 Å². The molecule has 2 atom stereocenters. The minimum Gasteiger partial charge on any atom is -0.480 e. The predicted octanol–water partition coefficient (Wildman–Crippen LogP) is 2.01. The van der Waals surface area contributed by atoms with Crippen molar-refractivity contribution in [1.29, 1.82) is 0 Å². The zero-order chi connectivity index (χ0) is 16.3. The Labute approximate surface area is 140 Å². The van der Waals surface area contributed by atoms with E-state index < -0.39 is 23.2 Å². The lowest BCUT2D eigenvalue weighted by atomic mass is 10.2. The van der Waals surface area contributed by atoms with Gasteiger partial charge in [0.2, 0.25) is 11.8 Å². The molecule has 9 heteroatoms. The number of hydrogen-bond donors (Lipinski definition) is 3. The van der Waals surface area contributed by atoms with Gasteiger partial charge in [0.25, 0.3) is 0 Å². The van der Waals surface area contributed by atoms with Crippen molar-refractivity contribution >= 4 is 58.4 Å². The van der Waals surface area contributed by atoms with Crippen LogP contribution in [0, 0.1) is 0 Å². The second-order valence-electron chi connectivity index (χ2n) is 4.60. The zero-order valence-corrected chi connectivity index (χ0v) is 13.5. The summed E-state index contributed by atoms with van der Waals surface area (Å²) in [7, 11) is 0. The Morgan fingerprint density at radius 2 is 2.14 bits per heavy atom. The maximum absolute atomic E-state index is 12.0. The summed E-state index contributed by atoms with van der Waals surface area (Å²) in [4.78, 5) is 34.6. The van der Waals surface area contributed by atoms with Crippen molar-refractivity contribution in [2.24, 2.45) is 0 Å². The molecule has 6 nitrogen and oxygen atoms in total. The summed E-state index contributed by atoms with van der Waals surface area (Å²) in [6.07, 6.45) is -0.0677. The first kappa shape index (κ1) is 16.9. The van der Waals surface area contributed by atoms with Crippen LogP contribution in [0.1, 0.15) is 6.42 Å². The van der Waals surface area contributed by atoms with Gasteiger partial charge >= 0.3 is 5.97 Å². The zero-order valence-electron chi connectivity index (χ0n) is 11.1. The van der Waals surface area contributed by atoms with Crippen LogP contribution in [-0.2, 0) is 14.4 Å². The first-order chi connectivity index (χ1) is 10.4. The van der Waals surface area contributed by atoms with Crippen LogP contribution in [0.15, 0.2) is 18.2 Å². The van der Waals surface area contributed by atoms with E-state index in [-0.39, 0.29) is 18.1 Å². The highest BCUT2D eigenvalue weighted by Gasteiger charge is 2.33. The van der Waals surface area contributed by atoms with Crippen LogP contribution in [0.5, 0.6) is 0 Å². The number of anilines is 1. The second kappa shape index (κ2) is 7.21. The van der Waals surface area contributed by atoms with E-state index in [1.165, 1.54) is 6.07 Å². The molecule has 0 spiro atoms. The van der Waals surface area contributed by atoms with Gasteiger partial charge in [-0.3, -0.25) is 9.59 Å². The van der Waals surface area contributed by atoms with Crippen LogP contribution in [0.3, 0.4) is 0 Å². The van der Waals surface area contributed by atoms with Crippen LogP contribution in [0.25, 0.3) is 0 Å². The summed E-state index contributed by atoms with van der Waals surface area (Å²) in [6, 6.07) is 3.74. The highest BCUT2D eigenvalue weighted by molar-refractivity contribution is 8.00. The Morgan fingerprint density at radius 3 is 2.73 bits per heavy atom. The van der Waals surface area contributed by atoms with Crippen molar-refractivity contribution < 1.29 is 19.5 Å². The Balaban J connectivity index is 1.92. The molecule has 0 unspecified atom stereocenters. The van der Waals surface area contributed by atoms with E-state index in [1.807, 2.05) is 0 Å². The summed E-state index contributed by atoms with van der Waals surface area (Å²) in [5, 5.41) is 13.9. The average Bonchev–Trinajstić information content (AvgIpc) is 2.44. The van der Waals surface area contributed by atoms with Crippen molar-refractivity contribution in [2.75, 3.05) is 11.1 Å². The van der Waals surface area contributed by atoms with Gasteiger partial charge in [0.05, 0.1) is 16.0 Å². The fraction of sp³-hybridized carbons (Fsp3) is 0.308. The molecule has 1 fully saturated rings. The Kier molecular flexibility index (Phi) is 5.55. The van der Waals surface area contributed by atoms with Crippen LogP contribution in [0.2, 0.25) is 10.0 Å². The number of carbonyl (C=O) groups excluding carboxylic acids is 2.